The van der Waals surface area contributed by atoms with E-state index in [-0.39, 0.29) is 18.1 Å². The van der Waals surface area contributed by atoms with Gasteiger partial charge in [0.2, 0.25) is 5.91 Å². The fraction of sp³-hybridized carbons (Fsp3) is 0.391. The summed E-state index contributed by atoms with van der Waals surface area (Å²) < 4.78 is 8.60. The second kappa shape index (κ2) is 9.28. The van der Waals surface area contributed by atoms with Crippen LogP contribution in [-0.2, 0) is 29.0 Å². The lowest BCUT2D eigenvalue weighted by Gasteiger charge is -2.26. The monoisotopic (exact) mass is 408 g/mol. The number of aryl methyl sites for hydroxylation is 1. The van der Waals surface area contributed by atoms with Crippen molar-refractivity contribution >= 4 is 22.6 Å². The van der Waals surface area contributed by atoms with E-state index in [4.69, 9.17) is 4.74 Å². The van der Waals surface area contributed by atoms with Gasteiger partial charge in [0.1, 0.15) is 6.54 Å². The number of aromatic nitrogens is 2. The standard InChI is InChI=1S/C23H28N4O3/c1-2-26-20-5-3-4-6-21(20)27(23(26)29)17-22(28)24-19-9-7-18(8-10-19)11-12-25-13-15-30-16-14-25/h3-10H,2,11-17H2,1H3,(H,24,28). The molecule has 0 atom stereocenters. The van der Waals surface area contributed by atoms with E-state index < -0.39 is 0 Å². The number of nitrogens with one attached hydrogen (secondary N) is 1. The van der Waals surface area contributed by atoms with Gasteiger partial charge in [-0.05, 0) is 43.2 Å². The van der Waals surface area contributed by atoms with Crippen LogP contribution in [0.15, 0.2) is 53.3 Å². The molecule has 2 aromatic carbocycles. The Labute approximate surface area is 175 Å². The summed E-state index contributed by atoms with van der Waals surface area (Å²) in [6.45, 7) is 7.10. The van der Waals surface area contributed by atoms with E-state index in [0.717, 1.165) is 56.0 Å². The molecule has 1 amide bonds. The summed E-state index contributed by atoms with van der Waals surface area (Å²) in [5.41, 5.74) is 3.44. The first kappa shape index (κ1) is 20.4. The number of hydrogen-bond donors (Lipinski definition) is 1. The fourth-order valence-electron chi connectivity index (χ4n) is 3.94. The highest BCUT2D eigenvalue weighted by molar-refractivity contribution is 5.91. The predicted molar refractivity (Wildman–Crippen MR) is 118 cm³/mol. The van der Waals surface area contributed by atoms with Crippen LogP contribution in [0.4, 0.5) is 5.69 Å². The maximum absolute atomic E-state index is 12.7. The Bertz CT molecular complexity index is 1060. The van der Waals surface area contributed by atoms with Crippen LogP contribution in [0.3, 0.4) is 0 Å². The third kappa shape index (κ3) is 4.47. The largest absolute Gasteiger partial charge is 0.379 e. The molecule has 1 aliphatic rings. The molecule has 0 bridgehead atoms. The van der Waals surface area contributed by atoms with Crippen LogP contribution in [0.2, 0.25) is 0 Å². The smallest absolute Gasteiger partial charge is 0.329 e. The molecule has 158 valence electrons. The Morgan fingerprint density at radius 1 is 1.00 bits per heavy atom. The second-order valence-electron chi connectivity index (χ2n) is 7.55. The zero-order chi connectivity index (χ0) is 20.9. The van der Waals surface area contributed by atoms with Crippen molar-refractivity contribution in [3.05, 3.63) is 64.6 Å². The normalized spacial score (nSPS) is 14.8. The van der Waals surface area contributed by atoms with Crippen molar-refractivity contribution in [1.29, 1.82) is 0 Å². The zero-order valence-corrected chi connectivity index (χ0v) is 17.3. The van der Waals surface area contributed by atoms with E-state index in [1.807, 2.05) is 55.5 Å². The Morgan fingerprint density at radius 3 is 2.33 bits per heavy atom. The lowest BCUT2D eigenvalue weighted by molar-refractivity contribution is -0.116. The maximum Gasteiger partial charge on any atom is 0.329 e. The molecular formula is C23H28N4O3. The predicted octanol–water partition coefficient (Wildman–Crippen LogP) is 2.34. The first-order valence-electron chi connectivity index (χ1n) is 10.5. The van der Waals surface area contributed by atoms with Crippen LogP contribution in [-0.4, -0.2) is 52.8 Å². The number of ether oxygens (including phenoxy) is 1. The van der Waals surface area contributed by atoms with Crippen molar-refractivity contribution < 1.29 is 9.53 Å². The number of morpholine rings is 1. The van der Waals surface area contributed by atoms with Crippen LogP contribution >= 0.6 is 0 Å². The Morgan fingerprint density at radius 2 is 1.67 bits per heavy atom. The Balaban J connectivity index is 1.38. The van der Waals surface area contributed by atoms with Crippen molar-refractivity contribution in [1.82, 2.24) is 14.0 Å². The molecule has 1 fully saturated rings. The molecule has 4 rings (SSSR count). The lowest BCUT2D eigenvalue weighted by atomic mass is 10.1. The number of fused-ring (bicyclic) bond motifs is 1. The van der Waals surface area contributed by atoms with Crippen LogP contribution < -0.4 is 11.0 Å². The third-order valence-electron chi connectivity index (χ3n) is 5.60. The van der Waals surface area contributed by atoms with Crippen LogP contribution in [0.1, 0.15) is 12.5 Å². The van der Waals surface area contributed by atoms with E-state index in [1.165, 1.54) is 10.1 Å². The van der Waals surface area contributed by atoms with Gasteiger partial charge < -0.3 is 10.1 Å². The molecule has 1 saturated heterocycles. The summed E-state index contributed by atoms with van der Waals surface area (Å²) >= 11 is 0. The van der Waals surface area contributed by atoms with Gasteiger partial charge in [-0.15, -0.1) is 0 Å². The molecule has 30 heavy (non-hydrogen) atoms. The number of rotatable bonds is 7. The van der Waals surface area contributed by atoms with Crippen molar-refractivity contribution in [2.75, 3.05) is 38.2 Å². The number of anilines is 1. The molecule has 0 saturated carbocycles. The minimum absolute atomic E-state index is 0.00880. The van der Waals surface area contributed by atoms with Gasteiger partial charge in [-0.3, -0.25) is 18.8 Å². The van der Waals surface area contributed by atoms with E-state index in [9.17, 15) is 9.59 Å². The molecule has 1 aliphatic heterocycles. The number of hydrogen-bond acceptors (Lipinski definition) is 4. The van der Waals surface area contributed by atoms with Gasteiger partial charge >= 0.3 is 5.69 Å². The highest BCUT2D eigenvalue weighted by Gasteiger charge is 2.14. The number of carbonyl (C=O) groups is 1. The number of imidazole rings is 1. The van der Waals surface area contributed by atoms with Crippen molar-refractivity contribution in [2.45, 2.75) is 26.4 Å². The molecule has 3 aromatic rings. The average Bonchev–Trinajstić information content (AvgIpc) is 3.04. The summed E-state index contributed by atoms with van der Waals surface area (Å²) in [5, 5.41) is 2.91. The van der Waals surface area contributed by atoms with Gasteiger partial charge in [0.15, 0.2) is 0 Å². The highest BCUT2D eigenvalue weighted by atomic mass is 16.5. The number of para-hydroxylation sites is 2. The van der Waals surface area contributed by atoms with Gasteiger partial charge in [0, 0.05) is 31.9 Å². The average molecular weight is 409 g/mol. The van der Waals surface area contributed by atoms with Gasteiger partial charge in [-0.2, -0.15) is 0 Å². The second-order valence-corrected chi connectivity index (χ2v) is 7.55. The summed E-state index contributed by atoms with van der Waals surface area (Å²) in [5.74, 6) is -0.211. The zero-order valence-electron chi connectivity index (χ0n) is 17.3. The van der Waals surface area contributed by atoms with Crippen LogP contribution in [0, 0.1) is 0 Å². The van der Waals surface area contributed by atoms with Crippen LogP contribution in [0.5, 0.6) is 0 Å². The molecular weight excluding hydrogens is 380 g/mol. The first-order chi connectivity index (χ1) is 14.7. The number of benzene rings is 2. The maximum atomic E-state index is 12.7. The lowest BCUT2D eigenvalue weighted by Crippen LogP contribution is -2.37. The minimum atomic E-state index is -0.211. The Hall–Kier alpha value is -2.90. The quantitative estimate of drug-likeness (QED) is 0.652. The summed E-state index contributed by atoms with van der Waals surface area (Å²) in [7, 11) is 0. The molecule has 0 radical (unpaired) electrons. The molecule has 0 unspecified atom stereocenters. The van der Waals surface area contributed by atoms with Gasteiger partial charge in [-0.25, -0.2) is 4.79 Å². The van der Waals surface area contributed by atoms with Gasteiger partial charge in [0.05, 0.1) is 24.2 Å². The summed E-state index contributed by atoms with van der Waals surface area (Å²) in [4.78, 5) is 27.7. The molecule has 1 aromatic heterocycles. The number of amides is 1. The number of carbonyl (C=O) groups excluding carboxylic acids is 1. The van der Waals surface area contributed by atoms with Crippen molar-refractivity contribution in [3.8, 4) is 0 Å². The van der Waals surface area contributed by atoms with E-state index in [0.29, 0.717) is 6.54 Å². The van der Waals surface area contributed by atoms with Gasteiger partial charge in [-0.1, -0.05) is 24.3 Å². The van der Waals surface area contributed by atoms with Gasteiger partial charge in [0.25, 0.3) is 0 Å². The highest BCUT2D eigenvalue weighted by Crippen LogP contribution is 2.14. The van der Waals surface area contributed by atoms with Crippen LogP contribution in [0.25, 0.3) is 11.0 Å². The molecule has 1 N–H and O–H groups in total. The van der Waals surface area contributed by atoms with E-state index in [1.54, 1.807) is 4.57 Å². The van der Waals surface area contributed by atoms with E-state index in [2.05, 4.69) is 10.2 Å². The molecule has 7 heteroatoms. The van der Waals surface area contributed by atoms with E-state index >= 15 is 0 Å². The van der Waals surface area contributed by atoms with Crippen molar-refractivity contribution in [2.24, 2.45) is 0 Å². The summed E-state index contributed by atoms with van der Waals surface area (Å²) in [6, 6.07) is 15.5. The fourth-order valence-corrected chi connectivity index (χ4v) is 3.94. The van der Waals surface area contributed by atoms with Crippen molar-refractivity contribution in [3.63, 3.8) is 0 Å². The molecule has 0 spiro atoms. The Kier molecular flexibility index (Phi) is 6.30. The third-order valence-corrected chi connectivity index (χ3v) is 5.60. The topological polar surface area (TPSA) is 68.5 Å². The molecule has 7 nitrogen and oxygen atoms in total. The minimum Gasteiger partial charge on any atom is -0.379 e. The molecule has 0 aliphatic carbocycles. The SMILES string of the molecule is CCn1c(=O)n(CC(=O)Nc2ccc(CCN3CCOCC3)cc2)c2ccccc21. The number of nitrogens with zero attached hydrogens (tertiary/aromatic N) is 3. The molecule has 2 heterocycles. The summed E-state index contributed by atoms with van der Waals surface area (Å²) in [6.07, 6.45) is 0.972. The first-order valence-corrected chi connectivity index (χ1v) is 10.5.